The Morgan fingerprint density at radius 1 is 0.454 bits per heavy atom. The van der Waals surface area contributed by atoms with E-state index in [1.807, 2.05) is 146 Å². The van der Waals surface area contributed by atoms with Gasteiger partial charge in [-0.2, -0.15) is 18.4 Å². The molecule has 0 saturated heterocycles. The first-order valence-corrected chi connectivity index (χ1v) is 45.2. The van der Waals surface area contributed by atoms with Crippen LogP contribution >= 0.6 is 69.6 Å². The molecule has 1 aromatic heterocycles. The van der Waals surface area contributed by atoms with Gasteiger partial charge < -0.3 is 48.5 Å². The molecule has 14 aromatic rings. The lowest BCUT2D eigenvalue weighted by Crippen LogP contribution is -2.29. The van der Waals surface area contributed by atoms with Gasteiger partial charge in [0.25, 0.3) is 5.91 Å². The minimum Gasteiger partial charge on any atom is -0.503 e. The monoisotopic (exact) mass is 2030 g/mol. The first kappa shape index (κ1) is 118. The van der Waals surface area contributed by atoms with Gasteiger partial charge in [0.15, 0.2) is 5.71 Å². The topological polar surface area (TPSA) is 232 Å². The highest BCUT2D eigenvalue weighted by atomic mass is 35.5. The second-order valence-corrected chi connectivity index (χ2v) is 34.9. The molecule has 738 valence electrons. The molecule has 27 heteroatoms. The van der Waals surface area contributed by atoms with Gasteiger partial charge in [-0.3, -0.25) is 4.79 Å². The number of aliphatic hydroxyl groups is 1. The Hall–Kier alpha value is -13.8. The van der Waals surface area contributed by atoms with E-state index in [9.17, 15) is 37.9 Å². The first-order chi connectivity index (χ1) is 65.9. The predicted octanol–water partition coefficient (Wildman–Crippen LogP) is 30.5. The molecule has 2 N–H and O–H groups in total. The second kappa shape index (κ2) is 58.3. The van der Waals surface area contributed by atoms with Crippen LogP contribution in [0.2, 0.25) is 30.1 Å². The highest BCUT2D eigenvalue weighted by Crippen LogP contribution is 2.41. The number of halogens is 9. The maximum Gasteiger partial charge on any atom is 0.416 e. The average Bonchev–Trinajstić information content (AvgIpc) is 0.757. The van der Waals surface area contributed by atoms with Crippen LogP contribution in [0, 0.1) is 32.1 Å². The molecule has 1 amide bonds. The van der Waals surface area contributed by atoms with Crippen molar-refractivity contribution in [3.05, 3.63) is 459 Å². The van der Waals surface area contributed by atoms with Crippen molar-refractivity contribution in [3.63, 3.8) is 0 Å². The average molecular weight is 2030 g/mol. The number of para-hydroxylation sites is 3. The number of carbonyl (C=O) groups is 3. The summed E-state index contributed by atoms with van der Waals surface area (Å²) < 4.78 is 69.3. The van der Waals surface area contributed by atoms with Crippen molar-refractivity contribution in [2.45, 2.75) is 127 Å². The molecule has 13 aromatic carbocycles. The van der Waals surface area contributed by atoms with Gasteiger partial charge in [-0.05, 0) is 155 Å². The van der Waals surface area contributed by atoms with Crippen LogP contribution in [0.15, 0.2) is 344 Å². The van der Waals surface area contributed by atoms with E-state index < -0.39 is 35.2 Å². The molecule has 0 radical (unpaired) electrons. The van der Waals surface area contributed by atoms with Crippen LogP contribution in [0.25, 0.3) is 5.57 Å². The number of ether oxygens (including phenoxy) is 6. The molecular weight excluding hydrogens is 1910 g/mol. The Labute approximate surface area is 856 Å². The lowest BCUT2D eigenvalue weighted by atomic mass is 9.80. The number of alkyl halides is 3. The van der Waals surface area contributed by atoms with Crippen LogP contribution in [0.3, 0.4) is 0 Å². The smallest absolute Gasteiger partial charge is 0.416 e. The molecule has 18 nitrogen and oxygen atoms in total. The number of benzene rings is 13. The highest BCUT2D eigenvalue weighted by molar-refractivity contribution is 6.43. The summed E-state index contributed by atoms with van der Waals surface area (Å²) in [6.07, 6.45) is -1.18. The Balaban J connectivity index is 0.000000295. The van der Waals surface area contributed by atoms with E-state index >= 15 is 0 Å². The zero-order valence-corrected chi connectivity index (χ0v) is 83.0. The summed E-state index contributed by atoms with van der Waals surface area (Å²) >= 11 is 36.3. The molecule has 0 saturated carbocycles. The number of aryl methyl sites for hydroxylation is 3. The van der Waals surface area contributed by atoms with E-state index in [-0.39, 0.29) is 78.3 Å². The summed E-state index contributed by atoms with van der Waals surface area (Å²) in [7, 11) is 6.92. The molecule has 0 fully saturated rings. The molecule has 0 spiro atoms. The highest BCUT2D eigenvalue weighted by Gasteiger charge is 2.36. The molecular formula is C114H117Cl6F3N6O12. The lowest BCUT2D eigenvalue weighted by molar-refractivity contribution is -0.137. The van der Waals surface area contributed by atoms with Gasteiger partial charge in [-0.1, -0.05) is 391 Å². The maximum atomic E-state index is 12.4. The van der Waals surface area contributed by atoms with Crippen LogP contribution in [0.1, 0.15) is 163 Å². The van der Waals surface area contributed by atoms with Crippen LogP contribution in [0.4, 0.5) is 13.2 Å². The molecule has 14 rings (SSSR count). The lowest BCUT2D eigenvalue weighted by Gasteiger charge is -2.31. The number of amides is 1. The van der Waals surface area contributed by atoms with Crippen molar-refractivity contribution >= 4 is 104 Å². The summed E-state index contributed by atoms with van der Waals surface area (Å²) in [4.78, 5) is 53.9. The number of nitriles is 1. The van der Waals surface area contributed by atoms with Crippen LogP contribution < -0.4 is 19.5 Å². The van der Waals surface area contributed by atoms with Crippen molar-refractivity contribution in [1.29, 1.82) is 5.26 Å². The Morgan fingerprint density at radius 3 is 1.45 bits per heavy atom. The SMILES string of the molecule is C.C.C.CO/C=C(/C(=O)OC)c1ccccc1Oc1cc(Oc2ccccc2C#N)ncn1.CO/N=C(/C(=O)OC)c1ccccc1COc1ccccc1C.CO/N=C(\Cc1ccccc1)c1ccc(Cl)cc1Cl.Cc1ccc(C(C)(C)C)cc1.Cc1ccc(C(C)(C)C)cc1.O=C(NCc1ccc(C(F)(F)F)cc1)c1c(Cl)cccc1Cl.OC(c1ccccc1)(c1ccc(Cl)cc1)c1ccccc1Cl. The van der Waals surface area contributed by atoms with E-state index in [2.05, 4.69) is 136 Å². The Bertz CT molecular complexity index is 6370. The number of hydrogen-bond acceptors (Lipinski definition) is 17. The molecule has 0 bridgehead atoms. The van der Waals surface area contributed by atoms with Gasteiger partial charge in [0.2, 0.25) is 11.8 Å². The third kappa shape index (κ3) is 36.4. The van der Waals surface area contributed by atoms with E-state index in [0.717, 1.165) is 57.0 Å². The van der Waals surface area contributed by atoms with Crippen LogP contribution in [-0.2, 0) is 75.7 Å². The number of aromatic nitrogens is 2. The van der Waals surface area contributed by atoms with Gasteiger partial charge in [0.05, 0.1) is 71.1 Å². The summed E-state index contributed by atoms with van der Waals surface area (Å²) in [5.74, 6) is 0.266. The predicted molar refractivity (Wildman–Crippen MR) is 565 cm³/mol. The van der Waals surface area contributed by atoms with Crippen LogP contribution in [0.5, 0.6) is 29.0 Å². The second-order valence-electron chi connectivity index (χ2n) is 32.4. The van der Waals surface area contributed by atoms with Crippen LogP contribution in [-0.4, -0.2) is 79.9 Å². The normalized spacial score (nSPS) is 11.3. The fourth-order valence-corrected chi connectivity index (χ4v) is 14.5. The van der Waals surface area contributed by atoms with Gasteiger partial charge in [0, 0.05) is 50.3 Å². The van der Waals surface area contributed by atoms with Gasteiger partial charge in [0.1, 0.15) is 61.6 Å². The number of oxime groups is 2. The quantitative estimate of drug-likeness (QED) is 0.0151. The fourth-order valence-electron chi connectivity index (χ4n) is 13.0. The number of nitrogens with one attached hydrogen (secondary N) is 1. The van der Waals surface area contributed by atoms with Gasteiger partial charge in [-0.15, -0.1) is 0 Å². The van der Waals surface area contributed by atoms with Crippen molar-refractivity contribution in [2.75, 3.05) is 35.5 Å². The van der Waals surface area contributed by atoms with Gasteiger partial charge in [-0.25, -0.2) is 19.6 Å². The van der Waals surface area contributed by atoms with Gasteiger partial charge >= 0.3 is 18.1 Å². The molecule has 0 aliphatic carbocycles. The fraction of sp³-hybridized carbons (Fsp3) is 0.211. The minimum absolute atomic E-state index is 0. The molecule has 141 heavy (non-hydrogen) atoms. The summed E-state index contributed by atoms with van der Waals surface area (Å²) in [6.45, 7) is 20.0. The summed E-state index contributed by atoms with van der Waals surface area (Å²) in [5, 5.41) is 33.9. The van der Waals surface area contributed by atoms with Crippen molar-refractivity contribution < 1.29 is 70.8 Å². The van der Waals surface area contributed by atoms with E-state index in [1.165, 1.54) is 101 Å². The zero-order valence-electron chi connectivity index (χ0n) is 78.5. The standard InChI is InChI=1S/C22H17N3O5.C19H14Cl2O.C18H19NO4.C15H10Cl2F3NO.C15H13Cl2NO.2C11H16.3CH4/c1-27-13-17(22(26)28-2)16-8-4-6-10-19(16)30-21-11-20(24-14-25-21)29-18-9-5-3-7-15(18)12-23;20-16-12-10-15(11-13-16)19(22,14-6-2-1-3-7-14)17-8-4-5-9-18(17)21;1-13-8-4-7-11-16(13)23-12-14-9-5-6-10-15(14)17(19-22-3)18(20)21-2;16-11-2-1-3-12(17)13(11)14(22)21-8-9-4-6-10(7-5-9)15(18,19)20;1-19-18-15(9-11-5-3-2-4-6-11)13-8-7-12(16)10-14(13)17;2*1-9-5-7-10(8-6-9)11(2,3)4;;;/h3-11,13-14H,1-2H3;1-13,22H;4-11H,12H2,1-3H3;1-7H,8H2,(H,21,22);2-8,10H,9H2,1H3;2*5-8H,1-4H3;3*1H4/b17-13+;;19-17+;;18-15+;;;;;. The molecule has 1 heterocycles. The number of nitrogens with zero attached hydrogens (tertiary/aromatic N) is 5. The van der Waals surface area contributed by atoms with E-state index in [0.29, 0.717) is 72.4 Å². The number of carbonyl (C=O) groups excluding carboxylic acids is 3. The molecule has 0 aliphatic heterocycles. The zero-order chi connectivity index (χ0) is 101. The summed E-state index contributed by atoms with van der Waals surface area (Å²) in [6, 6.07) is 98.3. The first-order valence-electron chi connectivity index (χ1n) is 42.9. The largest absolute Gasteiger partial charge is 0.503 e. The van der Waals surface area contributed by atoms with Crippen molar-refractivity contribution in [2.24, 2.45) is 10.3 Å². The van der Waals surface area contributed by atoms with Crippen molar-refractivity contribution in [1.82, 2.24) is 15.3 Å². The Kier molecular flexibility index (Phi) is 48.7. The van der Waals surface area contributed by atoms with E-state index in [4.69, 9.17) is 108 Å². The maximum absolute atomic E-state index is 12.4. The molecule has 1 atom stereocenters. The third-order valence-corrected chi connectivity index (χ3v) is 22.1. The minimum atomic E-state index is -4.38. The van der Waals surface area contributed by atoms with E-state index in [1.54, 1.807) is 91.0 Å². The summed E-state index contributed by atoms with van der Waals surface area (Å²) in [5.41, 5.74) is 13.1. The third-order valence-electron chi connectivity index (χ3n) is 20.3. The molecule has 1 unspecified atom stereocenters. The van der Waals surface area contributed by atoms with Crippen molar-refractivity contribution in [3.8, 4) is 35.1 Å². The Morgan fingerprint density at radius 2 is 0.922 bits per heavy atom. The number of methoxy groups -OCH3 is 3. The number of hydrogen-bond donors (Lipinski definition) is 2. The number of rotatable bonds is 23. The molecule has 0 aliphatic rings. The number of esters is 2.